The second kappa shape index (κ2) is 7.65. The molecule has 20 heavy (non-hydrogen) atoms. The third kappa shape index (κ3) is 4.50. The van der Waals surface area contributed by atoms with Crippen molar-refractivity contribution >= 4 is 17.5 Å². The molecular formula is C16H23ClN2O. The molecule has 1 N–H and O–H groups in total. The quantitative estimate of drug-likeness (QED) is 0.923. The van der Waals surface area contributed by atoms with Crippen molar-refractivity contribution in [2.24, 2.45) is 0 Å². The van der Waals surface area contributed by atoms with E-state index in [0.717, 1.165) is 36.5 Å². The Labute approximate surface area is 126 Å². The van der Waals surface area contributed by atoms with E-state index < -0.39 is 0 Å². The zero-order valence-electron chi connectivity index (χ0n) is 12.1. The van der Waals surface area contributed by atoms with E-state index in [-0.39, 0.29) is 11.9 Å². The van der Waals surface area contributed by atoms with Crippen molar-refractivity contribution in [3.63, 3.8) is 0 Å². The lowest BCUT2D eigenvalue weighted by Crippen LogP contribution is -2.39. The molecule has 1 aliphatic rings. The van der Waals surface area contributed by atoms with Crippen LogP contribution in [-0.4, -0.2) is 30.4 Å². The van der Waals surface area contributed by atoms with Gasteiger partial charge in [-0.15, -0.1) is 0 Å². The molecule has 4 heteroatoms. The van der Waals surface area contributed by atoms with Crippen molar-refractivity contribution < 1.29 is 4.79 Å². The molecule has 2 rings (SSSR count). The Kier molecular flexibility index (Phi) is 5.86. The van der Waals surface area contributed by atoms with Gasteiger partial charge in [-0.1, -0.05) is 36.6 Å². The lowest BCUT2D eigenvalue weighted by Gasteiger charge is -2.22. The standard InChI is InChI=1S/C16H23ClN2O/c1-13(14-7-6-8-15(17)11-14)18-12-16(20)19-9-4-2-3-5-10-19/h6-8,11,13,18H,2-5,9-10,12H2,1H3. The lowest BCUT2D eigenvalue weighted by atomic mass is 10.1. The number of nitrogens with one attached hydrogen (secondary N) is 1. The Bertz CT molecular complexity index is 442. The molecule has 1 saturated heterocycles. The van der Waals surface area contributed by atoms with Gasteiger partial charge in [-0.3, -0.25) is 4.79 Å². The predicted octanol–water partition coefficient (Wildman–Crippen LogP) is 3.39. The zero-order valence-corrected chi connectivity index (χ0v) is 12.8. The molecular weight excluding hydrogens is 272 g/mol. The minimum Gasteiger partial charge on any atom is -0.342 e. The number of nitrogens with zero attached hydrogens (tertiary/aromatic N) is 1. The van der Waals surface area contributed by atoms with E-state index in [1.165, 1.54) is 12.8 Å². The summed E-state index contributed by atoms with van der Waals surface area (Å²) in [6.45, 7) is 4.27. The first-order valence-electron chi connectivity index (χ1n) is 7.43. The van der Waals surface area contributed by atoms with Crippen LogP contribution < -0.4 is 5.32 Å². The summed E-state index contributed by atoms with van der Waals surface area (Å²) in [4.78, 5) is 14.2. The average Bonchev–Trinajstić information content (AvgIpc) is 2.73. The predicted molar refractivity (Wildman–Crippen MR) is 82.9 cm³/mol. The fourth-order valence-electron chi connectivity index (χ4n) is 2.57. The third-order valence-electron chi connectivity index (χ3n) is 3.87. The number of likely N-dealkylation sites (tertiary alicyclic amines) is 1. The Morgan fingerprint density at radius 1 is 1.30 bits per heavy atom. The van der Waals surface area contributed by atoms with Crippen LogP contribution in [0.2, 0.25) is 5.02 Å². The molecule has 1 unspecified atom stereocenters. The fourth-order valence-corrected chi connectivity index (χ4v) is 2.76. The van der Waals surface area contributed by atoms with E-state index in [0.29, 0.717) is 6.54 Å². The molecule has 0 radical (unpaired) electrons. The first-order chi connectivity index (χ1) is 9.66. The average molecular weight is 295 g/mol. The first kappa shape index (κ1) is 15.3. The summed E-state index contributed by atoms with van der Waals surface area (Å²) in [5, 5.41) is 4.03. The molecule has 1 heterocycles. The molecule has 1 aromatic carbocycles. The van der Waals surface area contributed by atoms with Gasteiger partial charge in [0.1, 0.15) is 0 Å². The second-order valence-corrected chi connectivity index (χ2v) is 5.89. The number of benzene rings is 1. The third-order valence-corrected chi connectivity index (χ3v) is 4.10. The van der Waals surface area contributed by atoms with Crippen LogP contribution in [0, 0.1) is 0 Å². The summed E-state index contributed by atoms with van der Waals surface area (Å²) in [6, 6.07) is 7.90. The van der Waals surface area contributed by atoms with Gasteiger partial charge in [0, 0.05) is 24.2 Å². The molecule has 1 aromatic rings. The molecule has 1 fully saturated rings. The number of carbonyl (C=O) groups is 1. The van der Waals surface area contributed by atoms with E-state index in [2.05, 4.69) is 12.2 Å². The Hall–Kier alpha value is -1.06. The second-order valence-electron chi connectivity index (χ2n) is 5.45. The summed E-state index contributed by atoms with van der Waals surface area (Å²) in [6.07, 6.45) is 4.76. The number of hydrogen-bond acceptors (Lipinski definition) is 2. The maximum absolute atomic E-state index is 12.2. The Balaban J connectivity index is 1.83. The number of rotatable bonds is 4. The highest BCUT2D eigenvalue weighted by Crippen LogP contribution is 2.17. The van der Waals surface area contributed by atoms with Gasteiger partial charge in [0.2, 0.25) is 5.91 Å². The van der Waals surface area contributed by atoms with Crippen LogP contribution in [0.4, 0.5) is 0 Å². The molecule has 0 aromatic heterocycles. The van der Waals surface area contributed by atoms with Crippen molar-refractivity contribution in [3.05, 3.63) is 34.9 Å². The van der Waals surface area contributed by atoms with Crippen LogP contribution in [0.3, 0.4) is 0 Å². The summed E-state index contributed by atoms with van der Waals surface area (Å²) in [5.74, 6) is 0.209. The van der Waals surface area contributed by atoms with Gasteiger partial charge < -0.3 is 10.2 Å². The van der Waals surface area contributed by atoms with Crippen molar-refractivity contribution in [1.29, 1.82) is 0 Å². The van der Waals surface area contributed by atoms with Crippen molar-refractivity contribution in [3.8, 4) is 0 Å². The van der Waals surface area contributed by atoms with E-state index in [4.69, 9.17) is 11.6 Å². The molecule has 0 aliphatic carbocycles. The van der Waals surface area contributed by atoms with Gasteiger partial charge >= 0.3 is 0 Å². The Morgan fingerprint density at radius 2 is 2.00 bits per heavy atom. The van der Waals surface area contributed by atoms with Crippen LogP contribution in [0.5, 0.6) is 0 Å². The SMILES string of the molecule is CC(NCC(=O)N1CCCCCC1)c1cccc(Cl)c1. The topological polar surface area (TPSA) is 32.3 Å². The molecule has 1 atom stereocenters. The van der Waals surface area contributed by atoms with E-state index in [9.17, 15) is 4.79 Å². The largest absolute Gasteiger partial charge is 0.342 e. The molecule has 0 bridgehead atoms. The van der Waals surface area contributed by atoms with Crippen molar-refractivity contribution in [2.75, 3.05) is 19.6 Å². The maximum Gasteiger partial charge on any atom is 0.236 e. The van der Waals surface area contributed by atoms with Gasteiger partial charge in [-0.05, 0) is 37.5 Å². The zero-order chi connectivity index (χ0) is 14.4. The van der Waals surface area contributed by atoms with Crippen LogP contribution in [-0.2, 0) is 4.79 Å². The highest BCUT2D eigenvalue weighted by atomic mass is 35.5. The van der Waals surface area contributed by atoms with Crippen LogP contribution in [0.25, 0.3) is 0 Å². The normalized spacial score (nSPS) is 17.6. The van der Waals surface area contributed by atoms with Crippen molar-refractivity contribution in [1.82, 2.24) is 10.2 Å². The minimum absolute atomic E-state index is 0.129. The Morgan fingerprint density at radius 3 is 2.65 bits per heavy atom. The van der Waals surface area contributed by atoms with Crippen molar-refractivity contribution in [2.45, 2.75) is 38.6 Å². The number of amides is 1. The van der Waals surface area contributed by atoms with Gasteiger partial charge in [0.25, 0.3) is 0 Å². The van der Waals surface area contributed by atoms with E-state index >= 15 is 0 Å². The van der Waals surface area contributed by atoms with Gasteiger partial charge in [-0.2, -0.15) is 0 Å². The fraction of sp³-hybridized carbons (Fsp3) is 0.562. The molecule has 1 amide bonds. The summed E-state index contributed by atoms with van der Waals surface area (Å²) in [5.41, 5.74) is 1.11. The molecule has 0 spiro atoms. The lowest BCUT2D eigenvalue weighted by molar-refractivity contribution is -0.130. The summed E-state index contributed by atoms with van der Waals surface area (Å²) >= 11 is 5.99. The molecule has 0 saturated carbocycles. The van der Waals surface area contributed by atoms with E-state index in [1.807, 2.05) is 29.2 Å². The summed E-state index contributed by atoms with van der Waals surface area (Å²) < 4.78 is 0. The van der Waals surface area contributed by atoms with Crippen LogP contribution in [0.15, 0.2) is 24.3 Å². The smallest absolute Gasteiger partial charge is 0.236 e. The number of hydrogen-bond donors (Lipinski definition) is 1. The molecule has 3 nitrogen and oxygen atoms in total. The van der Waals surface area contributed by atoms with Gasteiger partial charge in [0.05, 0.1) is 6.54 Å². The molecule has 1 aliphatic heterocycles. The monoisotopic (exact) mass is 294 g/mol. The minimum atomic E-state index is 0.129. The highest BCUT2D eigenvalue weighted by Gasteiger charge is 2.16. The van der Waals surface area contributed by atoms with Gasteiger partial charge in [0.15, 0.2) is 0 Å². The maximum atomic E-state index is 12.2. The number of carbonyl (C=O) groups excluding carboxylic acids is 1. The van der Waals surface area contributed by atoms with Crippen LogP contribution in [0.1, 0.15) is 44.2 Å². The van der Waals surface area contributed by atoms with E-state index in [1.54, 1.807) is 0 Å². The van der Waals surface area contributed by atoms with Crippen LogP contribution >= 0.6 is 11.6 Å². The number of halogens is 1. The highest BCUT2D eigenvalue weighted by molar-refractivity contribution is 6.30. The summed E-state index contributed by atoms with van der Waals surface area (Å²) in [7, 11) is 0. The molecule has 110 valence electrons. The van der Waals surface area contributed by atoms with Gasteiger partial charge in [-0.25, -0.2) is 0 Å². The first-order valence-corrected chi connectivity index (χ1v) is 7.81.